The van der Waals surface area contributed by atoms with E-state index in [0.717, 1.165) is 32.1 Å². The van der Waals surface area contributed by atoms with E-state index in [2.05, 4.69) is 13.8 Å². The molecular formula is C28H55O7P. The number of hydrogen-bond acceptors (Lipinski definition) is 5. The van der Waals surface area contributed by atoms with Crippen LogP contribution in [0.4, 0.5) is 0 Å². The van der Waals surface area contributed by atoms with Gasteiger partial charge in [0.1, 0.15) is 0 Å². The topological polar surface area (TPSA) is 110 Å². The number of rotatable bonds is 26. The Morgan fingerprint density at radius 3 is 1.28 bits per heavy atom. The Hall–Kier alpha value is -0.910. The van der Waals surface area contributed by atoms with E-state index in [4.69, 9.17) is 9.47 Å². The van der Waals surface area contributed by atoms with Crippen molar-refractivity contribution < 1.29 is 33.4 Å². The van der Waals surface area contributed by atoms with Crippen LogP contribution in [0.25, 0.3) is 0 Å². The van der Waals surface area contributed by atoms with Crippen LogP contribution in [0.15, 0.2) is 0 Å². The van der Waals surface area contributed by atoms with E-state index >= 15 is 0 Å². The minimum absolute atomic E-state index is 0.111. The van der Waals surface area contributed by atoms with E-state index < -0.39 is 31.6 Å². The smallest absolute Gasteiger partial charge is 0.340 e. The van der Waals surface area contributed by atoms with Gasteiger partial charge < -0.3 is 19.3 Å². The first-order chi connectivity index (χ1) is 17.3. The number of hydrogen-bond donors (Lipinski definition) is 2. The lowest BCUT2D eigenvalue weighted by atomic mass is 10.1. The van der Waals surface area contributed by atoms with Crippen LogP contribution in [0.5, 0.6) is 0 Å². The molecule has 0 radical (unpaired) electrons. The Balaban J connectivity index is 3.91. The van der Waals surface area contributed by atoms with Crippen molar-refractivity contribution in [1.82, 2.24) is 0 Å². The first kappa shape index (κ1) is 35.1. The number of unbranched alkanes of at least 4 members (excludes halogenated alkanes) is 18. The van der Waals surface area contributed by atoms with Gasteiger partial charge in [0.05, 0.1) is 19.6 Å². The molecule has 0 aliphatic carbocycles. The van der Waals surface area contributed by atoms with Crippen molar-refractivity contribution in [2.75, 3.05) is 13.2 Å². The second-order valence-electron chi connectivity index (χ2n) is 10.1. The van der Waals surface area contributed by atoms with Crippen molar-refractivity contribution in [2.24, 2.45) is 0 Å². The maximum absolute atomic E-state index is 12.2. The summed E-state index contributed by atoms with van der Waals surface area (Å²) >= 11 is 0. The molecule has 0 aliphatic heterocycles. The SMILES string of the molecule is CCCCCCCCCCCCOC(=O)CC(C(=O)OCCCCCCCCCCCC)P(=O)(O)O. The van der Waals surface area contributed by atoms with Gasteiger partial charge in [-0.3, -0.25) is 14.2 Å². The molecule has 0 aromatic carbocycles. The second-order valence-corrected chi connectivity index (χ2v) is 11.9. The summed E-state index contributed by atoms with van der Waals surface area (Å²) in [4.78, 5) is 43.3. The van der Waals surface area contributed by atoms with Gasteiger partial charge in [-0.2, -0.15) is 0 Å². The minimum Gasteiger partial charge on any atom is -0.466 e. The summed E-state index contributed by atoms with van der Waals surface area (Å²) in [5.41, 5.74) is -1.79. The summed E-state index contributed by atoms with van der Waals surface area (Å²) < 4.78 is 21.9. The van der Waals surface area contributed by atoms with E-state index in [0.29, 0.717) is 12.8 Å². The summed E-state index contributed by atoms with van der Waals surface area (Å²) in [6.45, 7) is 4.74. The maximum atomic E-state index is 12.2. The molecule has 0 bridgehead atoms. The molecule has 2 N–H and O–H groups in total. The highest BCUT2D eigenvalue weighted by Crippen LogP contribution is 2.43. The number of esters is 2. The van der Waals surface area contributed by atoms with Crippen molar-refractivity contribution in [3.63, 3.8) is 0 Å². The van der Waals surface area contributed by atoms with Gasteiger partial charge in [-0.1, -0.05) is 129 Å². The lowest BCUT2D eigenvalue weighted by Crippen LogP contribution is -2.28. The summed E-state index contributed by atoms with van der Waals surface area (Å²) in [5, 5.41) is 0. The highest BCUT2D eigenvalue weighted by molar-refractivity contribution is 7.53. The third-order valence-electron chi connectivity index (χ3n) is 6.54. The fraction of sp³-hybridized carbons (Fsp3) is 0.929. The molecule has 8 heteroatoms. The minimum atomic E-state index is -4.81. The van der Waals surface area contributed by atoms with Gasteiger partial charge in [0.25, 0.3) is 0 Å². The van der Waals surface area contributed by atoms with Crippen molar-refractivity contribution in [3.8, 4) is 0 Å². The van der Waals surface area contributed by atoms with E-state index in [1.165, 1.54) is 83.5 Å². The van der Waals surface area contributed by atoms with Crippen LogP contribution in [-0.2, 0) is 23.6 Å². The molecule has 0 spiro atoms. The van der Waals surface area contributed by atoms with Crippen LogP contribution < -0.4 is 0 Å². The molecule has 0 fully saturated rings. The third-order valence-corrected chi connectivity index (χ3v) is 7.75. The molecule has 0 aliphatic rings. The Bertz CT molecular complexity index is 576. The summed E-state index contributed by atoms with van der Waals surface area (Å²) in [6, 6.07) is 0. The molecule has 0 rings (SSSR count). The quantitative estimate of drug-likeness (QED) is 0.0660. The van der Waals surface area contributed by atoms with E-state index in [1.54, 1.807) is 0 Å². The maximum Gasteiger partial charge on any atom is 0.340 e. The van der Waals surface area contributed by atoms with Crippen molar-refractivity contribution in [1.29, 1.82) is 0 Å². The van der Waals surface area contributed by atoms with Crippen LogP contribution in [0.2, 0.25) is 0 Å². The zero-order chi connectivity index (χ0) is 26.9. The average Bonchev–Trinajstić information content (AvgIpc) is 2.83. The van der Waals surface area contributed by atoms with Crippen molar-refractivity contribution >= 4 is 19.5 Å². The highest BCUT2D eigenvalue weighted by atomic mass is 31.2. The van der Waals surface area contributed by atoms with Crippen LogP contribution in [0.3, 0.4) is 0 Å². The Kier molecular flexibility index (Phi) is 23.8. The Morgan fingerprint density at radius 2 is 0.917 bits per heavy atom. The number of ether oxygens (including phenoxy) is 2. The molecule has 214 valence electrons. The molecule has 0 amide bonds. The Labute approximate surface area is 220 Å². The van der Waals surface area contributed by atoms with Crippen LogP contribution in [0.1, 0.15) is 149 Å². The zero-order valence-corrected chi connectivity index (χ0v) is 24.1. The third kappa shape index (κ3) is 22.3. The monoisotopic (exact) mass is 534 g/mol. The average molecular weight is 535 g/mol. The molecule has 1 unspecified atom stereocenters. The van der Waals surface area contributed by atoms with Crippen molar-refractivity contribution in [3.05, 3.63) is 0 Å². The number of carbonyl (C=O) groups is 2. The number of carbonyl (C=O) groups excluding carboxylic acids is 2. The Morgan fingerprint density at radius 1 is 0.583 bits per heavy atom. The molecule has 36 heavy (non-hydrogen) atoms. The van der Waals surface area contributed by atoms with Gasteiger partial charge in [-0.05, 0) is 12.8 Å². The van der Waals surface area contributed by atoms with E-state index in [9.17, 15) is 23.9 Å². The molecule has 0 saturated carbocycles. The van der Waals surface area contributed by atoms with Crippen LogP contribution in [0, 0.1) is 0 Å². The molecule has 0 heterocycles. The summed E-state index contributed by atoms with van der Waals surface area (Å²) in [5.74, 6) is -1.79. The van der Waals surface area contributed by atoms with E-state index in [-0.39, 0.29) is 13.2 Å². The lowest BCUT2D eigenvalue weighted by molar-refractivity contribution is -0.150. The normalized spacial score (nSPS) is 12.4. The molecule has 0 aromatic rings. The van der Waals surface area contributed by atoms with Gasteiger partial charge in [-0.25, -0.2) is 0 Å². The standard InChI is InChI=1S/C28H55O7P/c1-3-5-7-9-11-13-15-17-19-21-23-34-27(29)25-26(36(31,32)33)28(30)35-24-22-20-18-16-14-12-10-8-6-4-2/h26H,3-25H2,1-2H3,(H2,31,32,33). The molecule has 7 nitrogen and oxygen atoms in total. The van der Waals surface area contributed by atoms with Crippen molar-refractivity contribution in [2.45, 2.75) is 154 Å². The summed E-state index contributed by atoms with van der Waals surface area (Å²) in [7, 11) is -4.81. The predicted octanol–water partition coefficient (Wildman–Crippen LogP) is 7.85. The molecule has 0 aromatic heterocycles. The predicted molar refractivity (Wildman–Crippen MR) is 146 cm³/mol. The van der Waals surface area contributed by atoms with Gasteiger partial charge in [-0.15, -0.1) is 0 Å². The summed E-state index contributed by atoms with van der Waals surface area (Å²) in [6.07, 6.45) is 22.3. The van der Waals surface area contributed by atoms with Gasteiger partial charge in [0.15, 0.2) is 5.66 Å². The van der Waals surface area contributed by atoms with Gasteiger partial charge in [0.2, 0.25) is 0 Å². The fourth-order valence-corrected chi connectivity index (χ4v) is 4.93. The zero-order valence-electron chi connectivity index (χ0n) is 23.2. The first-order valence-electron chi connectivity index (χ1n) is 14.7. The van der Waals surface area contributed by atoms with E-state index in [1.807, 2.05) is 0 Å². The second kappa shape index (κ2) is 24.4. The largest absolute Gasteiger partial charge is 0.466 e. The highest BCUT2D eigenvalue weighted by Gasteiger charge is 2.39. The van der Waals surface area contributed by atoms with Gasteiger partial charge >= 0.3 is 19.5 Å². The van der Waals surface area contributed by atoms with Gasteiger partial charge in [0, 0.05) is 0 Å². The fourth-order valence-electron chi connectivity index (χ4n) is 4.19. The molecule has 1 atom stereocenters. The van der Waals surface area contributed by atoms with Crippen LogP contribution >= 0.6 is 7.60 Å². The molecule has 0 saturated heterocycles. The lowest BCUT2D eigenvalue weighted by Gasteiger charge is -2.16. The first-order valence-corrected chi connectivity index (χ1v) is 16.4. The van der Waals surface area contributed by atoms with Crippen LogP contribution in [-0.4, -0.2) is 40.6 Å². The molecular weight excluding hydrogens is 479 g/mol.